The molecule has 0 unspecified atom stereocenters. The summed E-state index contributed by atoms with van der Waals surface area (Å²) in [6, 6.07) is 1.66. The number of rotatable bonds is 5. The Kier molecular flexibility index (Phi) is 3.89. The Morgan fingerprint density at radius 1 is 1.22 bits per heavy atom. The summed E-state index contributed by atoms with van der Waals surface area (Å²) < 4.78 is 0. The van der Waals surface area contributed by atoms with Crippen molar-refractivity contribution in [3.05, 3.63) is 44.0 Å². The van der Waals surface area contributed by atoms with Crippen LogP contribution in [-0.2, 0) is 11.2 Å². The van der Waals surface area contributed by atoms with Crippen LogP contribution in [0.2, 0.25) is 0 Å². The maximum absolute atomic E-state index is 10.6. The van der Waals surface area contributed by atoms with E-state index in [0.717, 1.165) is 18.2 Å². The third kappa shape index (κ3) is 3.22. The summed E-state index contributed by atoms with van der Waals surface area (Å²) in [5, 5.41) is 29.8. The van der Waals surface area contributed by atoms with Crippen molar-refractivity contribution in [1.29, 1.82) is 0 Å². The van der Waals surface area contributed by atoms with E-state index in [2.05, 4.69) is 0 Å². The molecule has 1 rings (SSSR count). The van der Waals surface area contributed by atoms with Crippen LogP contribution in [0.25, 0.3) is 0 Å². The molecule has 0 spiro atoms. The van der Waals surface area contributed by atoms with Crippen LogP contribution in [0.4, 0.5) is 11.4 Å². The summed E-state index contributed by atoms with van der Waals surface area (Å²) in [7, 11) is 0. The smallest absolute Gasteiger partial charge is 0.320 e. The van der Waals surface area contributed by atoms with Crippen LogP contribution >= 0.6 is 0 Å². The third-order valence-corrected chi connectivity index (χ3v) is 2.16. The lowest BCUT2D eigenvalue weighted by Crippen LogP contribution is -2.32. The van der Waals surface area contributed by atoms with Crippen molar-refractivity contribution in [3.8, 4) is 0 Å². The minimum atomic E-state index is -1.29. The van der Waals surface area contributed by atoms with E-state index in [1.807, 2.05) is 0 Å². The molecular weight excluding hydrogens is 246 g/mol. The zero-order chi connectivity index (χ0) is 13.9. The number of hydrogen-bond donors (Lipinski definition) is 2. The zero-order valence-electron chi connectivity index (χ0n) is 8.98. The van der Waals surface area contributed by atoms with Crippen LogP contribution < -0.4 is 5.73 Å². The molecule has 0 amide bonds. The molecule has 0 heterocycles. The standard InChI is InChI=1S/C9H9N3O6/c10-8(9(13)14)3-5-1-6(11(15)16)4-7(2-5)12(17)18/h1-2,4,8H,3,10H2,(H,13,14)/t8-/m0/s1. The van der Waals surface area contributed by atoms with Gasteiger partial charge in [0, 0.05) is 12.1 Å². The fourth-order valence-electron chi connectivity index (χ4n) is 1.33. The zero-order valence-corrected chi connectivity index (χ0v) is 8.98. The third-order valence-electron chi connectivity index (χ3n) is 2.16. The summed E-state index contributed by atoms with van der Waals surface area (Å²) in [6.45, 7) is 0. The highest BCUT2D eigenvalue weighted by molar-refractivity contribution is 5.73. The SMILES string of the molecule is N[C@@H](Cc1cc([N+](=O)[O-])cc([N+](=O)[O-])c1)C(=O)O. The van der Waals surface area contributed by atoms with Crippen molar-refractivity contribution in [2.45, 2.75) is 12.5 Å². The molecule has 0 aromatic heterocycles. The number of carboxylic acid groups (broad SMARTS) is 1. The fraction of sp³-hybridized carbons (Fsp3) is 0.222. The van der Waals surface area contributed by atoms with Crippen molar-refractivity contribution in [1.82, 2.24) is 0 Å². The Morgan fingerprint density at radius 2 is 1.67 bits per heavy atom. The molecule has 0 aliphatic rings. The molecule has 9 nitrogen and oxygen atoms in total. The summed E-state index contributed by atoms with van der Waals surface area (Å²) in [4.78, 5) is 30.1. The second-order valence-electron chi connectivity index (χ2n) is 3.52. The van der Waals surface area contributed by atoms with E-state index in [9.17, 15) is 25.0 Å². The minimum absolute atomic E-state index is 0.130. The molecule has 1 aromatic carbocycles. The van der Waals surface area contributed by atoms with Gasteiger partial charge in [0.1, 0.15) is 6.04 Å². The molecule has 1 atom stereocenters. The number of benzene rings is 1. The molecule has 0 radical (unpaired) electrons. The highest BCUT2D eigenvalue weighted by Crippen LogP contribution is 2.23. The van der Waals surface area contributed by atoms with E-state index in [0.29, 0.717) is 0 Å². The van der Waals surface area contributed by atoms with Gasteiger partial charge < -0.3 is 10.8 Å². The first-order valence-electron chi connectivity index (χ1n) is 4.72. The number of non-ortho nitro benzene ring substituents is 2. The second-order valence-corrected chi connectivity index (χ2v) is 3.52. The van der Waals surface area contributed by atoms with Crippen LogP contribution in [0.3, 0.4) is 0 Å². The normalized spacial score (nSPS) is 11.8. The Labute approximate surface area is 100 Å². The molecule has 0 saturated heterocycles. The Hall–Kier alpha value is -2.55. The van der Waals surface area contributed by atoms with Gasteiger partial charge in [-0.1, -0.05) is 0 Å². The van der Waals surface area contributed by atoms with Gasteiger partial charge in [0.15, 0.2) is 0 Å². The topological polar surface area (TPSA) is 150 Å². The molecule has 96 valence electrons. The van der Waals surface area contributed by atoms with Crippen LogP contribution in [0.1, 0.15) is 5.56 Å². The maximum Gasteiger partial charge on any atom is 0.320 e. The largest absolute Gasteiger partial charge is 0.480 e. The van der Waals surface area contributed by atoms with E-state index < -0.39 is 33.2 Å². The lowest BCUT2D eigenvalue weighted by atomic mass is 10.1. The van der Waals surface area contributed by atoms with Gasteiger partial charge in [-0.25, -0.2) is 0 Å². The highest BCUT2D eigenvalue weighted by atomic mass is 16.6. The van der Waals surface area contributed by atoms with Crippen LogP contribution in [0.5, 0.6) is 0 Å². The van der Waals surface area contributed by atoms with Gasteiger partial charge in [0.05, 0.1) is 15.9 Å². The number of nitrogens with zero attached hydrogens (tertiary/aromatic N) is 2. The van der Waals surface area contributed by atoms with Crippen molar-refractivity contribution < 1.29 is 19.7 Å². The van der Waals surface area contributed by atoms with E-state index in [1.165, 1.54) is 0 Å². The van der Waals surface area contributed by atoms with Gasteiger partial charge in [-0.2, -0.15) is 0 Å². The lowest BCUT2D eigenvalue weighted by molar-refractivity contribution is -0.394. The van der Waals surface area contributed by atoms with Gasteiger partial charge in [0.2, 0.25) is 0 Å². The van der Waals surface area contributed by atoms with Crippen LogP contribution in [0, 0.1) is 20.2 Å². The van der Waals surface area contributed by atoms with Gasteiger partial charge in [-0.15, -0.1) is 0 Å². The van der Waals surface area contributed by atoms with Crippen molar-refractivity contribution >= 4 is 17.3 Å². The van der Waals surface area contributed by atoms with Crippen molar-refractivity contribution in [3.63, 3.8) is 0 Å². The molecule has 0 aliphatic heterocycles. The van der Waals surface area contributed by atoms with Crippen molar-refractivity contribution in [2.75, 3.05) is 0 Å². The van der Waals surface area contributed by atoms with Crippen molar-refractivity contribution in [2.24, 2.45) is 5.73 Å². The van der Waals surface area contributed by atoms with E-state index >= 15 is 0 Å². The number of nitro groups is 2. The summed E-state index contributed by atoms with van der Waals surface area (Å²) in [5.74, 6) is -1.29. The van der Waals surface area contributed by atoms with E-state index in [4.69, 9.17) is 10.8 Å². The molecule has 0 fully saturated rings. The number of carbonyl (C=O) groups is 1. The number of hydrogen-bond acceptors (Lipinski definition) is 6. The molecule has 3 N–H and O–H groups in total. The summed E-state index contributed by atoms with van der Waals surface area (Å²) >= 11 is 0. The molecule has 1 aromatic rings. The van der Waals surface area contributed by atoms with Gasteiger partial charge >= 0.3 is 5.97 Å². The first-order valence-corrected chi connectivity index (χ1v) is 4.72. The maximum atomic E-state index is 10.6. The van der Waals surface area contributed by atoms with Crippen LogP contribution in [-0.4, -0.2) is 27.0 Å². The average molecular weight is 255 g/mol. The van der Waals surface area contributed by atoms with Gasteiger partial charge in [-0.3, -0.25) is 25.0 Å². The second kappa shape index (κ2) is 5.19. The molecular formula is C9H9N3O6. The minimum Gasteiger partial charge on any atom is -0.480 e. The predicted molar refractivity (Wildman–Crippen MR) is 59.1 cm³/mol. The first kappa shape index (κ1) is 13.5. The Balaban J connectivity index is 3.15. The summed E-state index contributed by atoms with van der Waals surface area (Å²) in [6.07, 6.45) is -0.224. The Bertz CT molecular complexity index is 483. The molecule has 0 saturated carbocycles. The number of carboxylic acids is 1. The predicted octanol–water partition coefficient (Wildman–Crippen LogP) is 0.457. The fourth-order valence-corrected chi connectivity index (χ4v) is 1.33. The van der Waals surface area contributed by atoms with E-state index in [-0.39, 0.29) is 12.0 Å². The molecule has 18 heavy (non-hydrogen) atoms. The summed E-state index contributed by atoms with van der Waals surface area (Å²) in [5.41, 5.74) is 4.44. The quantitative estimate of drug-likeness (QED) is 0.572. The monoisotopic (exact) mass is 255 g/mol. The van der Waals surface area contributed by atoms with Gasteiger partial charge in [-0.05, 0) is 12.0 Å². The highest BCUT2D eigenvalue weighted by Gasteiger charge is 2.19. The van der Waals surface area contributed by atoms with Crippen LogP contribution in [0.15, 0.2) is 18.2 Å². The Morgan fingerprint density at radius 3 is 2.00 bits per heavy atom. The number of nitro benzene ring substituents is 2. The lowest BCUT2D eigenvalue weighted by Gasteiger charge is -2.06. The van der Waals surface area contributed by atoms with E-state index in [1.54, 1.807) is 0 Å². The molecule has 9 heteroatoms. The molecule has 0 bridgehead atoms. The number of aliphatic carboxylic acids is 1. The first-order chi connectivity index (χ1) is 8.31. The average Bonchev–Trinajstić information content (AvgIpc) is 2.28. The van der Waals surface area contributed by atoms with Gasteiger partial charge in [0.25, 0.3) is 11.4 Å². The number of nitrogens with two attached hydrogens (primary N) is 1. The molecule has 0 aliphatic carbocycles.